The Morgan fingerprint density at radius 1 is 1.50 bits per heavy atom. The highest BCUT2D eigenvalue weighted by atomic mass is 32.1. The first kappa shape index (κ1) is 9.61. The molecule has 68 valence electrons. The molecule has 0 amide bonds. The van der Waals surface area contributed by atoms with E-state index in [1.54, 1.807) is 0 Å². The van der Waals surface area contributed by atoms with Crippen LogP contribution in [0.3, 0.4) is 0 Å². The molecule has 0 spiro atoms. The summed E-state index contributed by atoms with van der Waals surface area (Å²) in [5.74, 6) is -2.71. The lowest BCUT2D eigenvalue weighted by Gasteiger charge is -2.12. The van der Waals surface area contributed by atoms with Crippen LogP contribution < -0.4 is 5.73 Å². The number of alkyl halides is 2. The molecule has 0 aliphatic rings. The Morgan fingerprint density at radius 3 is 2.75 bits per heavy atom. The number of hydrogen-bond donors (Lipinski definition) is 1. The van der Waals surface area contributed by atoms with Crippen molar-refractivity contribution in [1.82, 2.24) is 0 Å². The standard InChI is InChI=1S/C8H11F2NS/c9-8(10,6-11)3-1-7-2-4-12-5-7/h2,4-5H,1,3,6,11H2. The quantitative estimate of drug-likeness (QED) is 0.776. The van der Waals surface area contributed by atoms with E-state index >= 15 is 0 Å². The first-order chi connectivity index (χ1) is 5.64. The number of nitrogens with two attached hydrogens (primary N) is 1. The van der Waals surface area contributed by atoms with E-state index in [0.717, 1.165) is 5.56 Å². The monoisotopic (exact) mass is 191 g/mol. The molecule has 0 saturated heterocycles. The van der Waals surface area contributed by atoms with Crippen LogP contribution >= 0.6 is 11.3 Å². The Bertz CT molecular complexity index is 221. The van der Waals surface area contributed by atoms with E-state index < -0.39 is 12.5 Å². The third-order valence-electron chi connectivity index (χ3n) is 1.66. The van der Waals surface area contributed by atoms with Gasteiger partial charge in [0.05, 0.1) is 6.54 Å². The molecule has 0 aliphatic heterocycles. The summed E-state index contributed by atoms with van der Waals surface area (Å²) in [7, 11) is 0. The first-order valence-electron chi connectivity index (χ1n) is 3.73. The normalized spacial score (nSPS) is 11.9. The molecule has 0 bridgehead atoms. The van der Waals surface area contributed by atoms with Crippen molar-refractivity contribution < 1.29 is 8.78 Å². The van der Waals surface area contributed by atoms with Crippen LogP contribution in [0.2, 0.25) is 0 Å². The minimum atomic E-state index is -2.71. The summed E-state index contributed by atoms with van der Waals surface area (Å²) in [6.45, 7) is -0.558. The predicted molar refractivity (Wildman–Crippen MR) is 46.6 cm³/mol. The van der Waals surface area contributed by atoms with E-state index in [0.29, 0.717) is 6.42 Å². The van der Waals surface area contributed by atoms with Gasteiger partial charge >= 0.3 is 0 Å². The number of rotatable bonds is 4. The lowest BCUT2D eigenvalue weighted by atomic mass is 10.1. The van der Waals surface area contributed by atoms with Crippen molar-refractivity contribution >= 4 is 11.3 Å². The zero-order chi connectivity index (χ0) is 9.03. The van der Waals surface area contributed by atoms with Gasteiger partial charge in [0.25, 0.3) is 5.92 Å². The minimum absolute atomic E-state index is 0.153. The molecule has 1 heterocycles. The number of thiophene rings is 1. The zero-order valence-electron chi connectivity index (χ0n) is 6.59. The summed E-state index contributed by atoms with van der Waals surface area (Å²) in [6, 6.07) is 1.86. The Kier molecular flexibility index (Phi) is 3.17. The molecule has 1 aromatic rings. The highest BCUT2D eigenvalue weighted by Crippen LogP contribution is 2.20. The summed E-state index contributed by atoms with van der Waals surface area (Å²) < 4.78 is 25.2. The maximum absolute atomic E-state index is 12.6. The fourth-order valence-electron chi connectivity index (χ4n) is 0.864. The third-order valence-corrected chi connectivity index (χ3v) is 2.39. The number of hydrogen-bond acceptors (Lipinski definition) is 2. The van der Waals surface area contributed by atoms with Crippen LogP contribution in [0.25, 0.3) is 0 Å². The maximum Gasteiger partial charge on any atom is 0.260 e. The fraction of sp³-hybridized carbons (Fsp3) is 0.500. The molecule has 1 nitrogen and oxygen atoms in total. The van der Waals surface area contributed by atoms with Crippen LogP contribution in [-0.2, 0) is 6.42 Å². The van der Waals surface area contributed by atoms with E-state index in [9.17, 15) is 8.78 Å². The van der Waals surface area contributed by atoms with E-state index in [-0.39, 0.29) is 6.42 Å². The van der Waals surface area contributed by atoms with Crippen LogP contribution in [0, 0.1) is 0 Å². The molecule has 12 heavy (non-hydrogen) atoms. The van der Waals surface area contributed by atoms with Gasteiger partial charge in [0, 0.05) is 6.42 Å². The van der Waals surface area contributed by atoms with Crippen LogP contribution in [0.5, 0.6) is 0 Å². The van der Waals surface area contributed by atoms with Crippen LogP contribution in [0.1, 0.15) is 12.0 Å². The van der Waals surface area contributed by atoms with Crippen LogP contribution in [-0.4, -0.2) is 12.5 Å². The van der Waals surface area contributed by atoms with Crippen molar-refractivity contribution in [3.63, 3.8) is 0 Å². The van der Waals surface area contributed by atoms with Gasteiger partial charge in [-0.25, -0.2) is 8.78 Å². The lowest BCUT2D eigenvalue weighted by molar-refractivity contribution is 0.00249. The average Bonchev–Trinajstić information content (AvgIpc) is 2.53. The Hall–Kier alpha value is -0.480. The molecule has 1 rings (SSSR count). The molecule has 4 heteroatoms. The maximum atomic E-state index is 12.6. The minimum Gasteiger partial charge on any atom is -0.325 e. The van der Waals surface area contributed by atoms with Crippen molar-refractivity contribution in [2.24, 2.45) is 5.73 Å². The summed E-state index contributed by atoms with van der Waals surface area (Å²) in [5.41, 5.74) is 5.86. The average molecular weight is 191 g/mol. The van der Waals surface area contributed by atoms with E-state index in [4.69, 9.17) is 5.73 Å². The first-order valence-corrected chi connectivity index (χ1v) is 4.67. The van der Waals surface area contributed by atoms with Crippen molar-refractivity contribution in [2.75, 3.05) is 6.54 Å². The third kappa shape index (κ3) is 2.87. The SMILES string of the molecule is NCC(F)(F)CCc1ccsc1. The molecule has 0 aliphatic carbocycles. The number of halogens is 2. The second kappa shape index (κ2) is 3.96. The lowest BCUT2D eigenvalue weighted by Crippen LogP contribution is -2.28. The topological polar surface area (TPSA) is 26.0 Å². The van der Waals surface area contributed by atoms with Gasteiger partial charge in [-0.15, -0.1) is 0 Å². The molecular weight excluding hydrogens is 180 g/mol. The van der Waals surface area contributed by atoms with Crippen LogP contribution in [0.4, 0.5) is 8.78 Å². The van der Waals surface area contributed by atoms with Gasteiger partial charge in [0.15, 0.2) is 0 Å². The zero-order valence-corrected chi connectivity index (χ0v) is 7.41. The van der Waals surface area contributed by atoms with Gasteiger partial charge < -0.3 is 5.73 Å². The van der Waals surface area contributed by atoms with E-state index in [1.807, 2.05) is 16.8 Å². The molecule has 2 N–H and O–H groups in total. The summed E-state index contributed by atoms with van der Waals surface area (Å²) >= 11 is 1.52. The van der Waals surface area contributed by atoms with Gasteiger partial charge in [-0.1, -0.05) is 0 Å². The summed E-state index contributed by atoms with van der Waals surface area (Å²) in [4.78, 5) is 0. The molecule has 0 fully saturated rings. The Labute approximate surface area is 74.2 Å². The van der Waals surface area contributed by atoms with Crippen molar-refractivity contribution in [1.29, 1.82) is 0 Å². The van der Waals surface area contributed by atoms with Gasteiger partial charge in [0.2, 0.25) is 0 Å². The van der Waals surface area contributed by atoms with Gasteiger partial charge in [-0.2, -0.15) is 11.3 Å². The molecule has 0 aromatic carbocycles. The molecule has 0 radical (unpaired) electrons. The molecule has 0 saturated carbocycles. The van der Waals surface area contributed by atoms with Gasteiger partial charge in [-0.05, 0) is 28.8 Å². The Balaban J connectivity index is 2.36. The largest absolute Gasteiger partial charge is 0.325 e. The summed E-state index contributed by atoms with van der Waals surface area (Å²) in [5, 5.41) is 3.77. The molecule has 0 atom stereocenters. The van der Waals surface area contributed by atoms with E-state index in [1.165, 1.54) is 11.3 Å². The summed E-state index contributed by atoms with van der Waals surface area (Å²) in [6.07, 6.45) is 0.258. The highest BCUT2D eigenvalue weighted by Gasteiger charge is 2.25. The molecule has 1 aromatic heterocycles. The predicted octanol–water partition coefficient (Wildman–Crippen LogP) is 2.27. The molecule has 0 unspecified atom stereocenters. The second-order valence-corrected chi connectivity index (χ2v) is 3.47. The van der Waals surface area contributed by atoms with Gasteiger partial charge in [-0.3, -0.25) is 0 Å². The van der Waals surface area contributed by atoms with Gasteiger partial charge in [0.1, 0.15) is 0 Å². The smallest absolute Gasteiger partial charge is 0.260 e. The van der Waals surface area contributed by atoms with Crippen LogP contribution in [0.15, 0.2) is 16.8 Å². The number of aryl methyl sites for hydroxylation is 1. The Morgan fingerprint density at radius 2 is 2.25 bits per heavy atom. The van der Waals surface area contributed by atoms with Crippen molar-refractivity contribution in [2.45, 2.75) is 18.8 Å². The fourth-order valence-corrected chi connectivity index (χ4v) is 1.57. The van der Waals surface area contributed by atoms with Crippen molar-refractivity contribution in [3.8, 4) is 0 Å². The molecular formula is C8H11F2NS. The van der Waals surface area contributed by atoms with Crippen molar-refractivity contribution in [3.05, 3.63) is 22.4 Å². The van der Waals surface area contributed by atoms with E-state index in [2.05, 4.69) is 0 Å². The second-order valence-electron chi connectivity index (χ2n) is 2.69. The highest BCUT2D eigenvalue weighted by molar-refractivity contribution is 7.07.